The normalized spacial score (nSPS) is 11.0. The van der Waals surface area contributed by atoms with Gasteiger partial charge in [-0.05, 0) is 29.8 Å². The molecule has 0 aliphatic heterocycles. The Bertz CT molecular complexity index is 1150. The molecule has 0 bridgehead atoms. The Morgan fingerprint density at radius 2 is 1.81 bits per heavy atom. The number of rotatable bonds is 4. The van der Waals surface area contributed by atoms with Crippen LogP contribution < -0.4 is 15.5 Å². The van der Waals surface area contributed by atoms with Crippen molar-refractivity contribution < 1.29 is 18.4 Å². The first-order chi connectivity index (χ1) is 12.7. The number of ether oxygens (including phenoxy) is 1. The minimum Gasteiger partial charge on any atom is -0.497 e. The zero-order valence-electron chi connectivity index (χ0n) is 13.9. The van der Waals surface area contributed by atoms with Gasteiger partial charge < -0.3 is 18.9 Å². The molecule has 0 aliphatic rings. The predicted molar refractivity (Wildman–Crippen MR) is 96.4 cm³/mol. The summed E-state index contributed by atoms with van der Waals surface area (Å²) < 4.78 is 16.1. The highest BCUT2D eigenvalue weighted by atomic mass is 16.5. The van der Waals surface area contributed by atoms with E-state index >= 15 is 0 Å². The van der Waals surface area contributed by atoms with Gasteiger partial charge in [0.05, 0.1) is 12.5 Å². The maximum atomic E-state index is 12.5. The maximum Gasteiger partial charge on any atom is 0.302 e. The second-order valence-corrected chi connectivity index (χ2v) is 5.77. The van der Waals surface area contributed by atoms with E-state index in [9.17, 15) is 9.59 Å². The van der Waals surface area contributed by atoms with Gasteiger partial charge in [-0.15, -0.1) is 0 Å². The summed E-state index contributed by atoms with van der Waals surface area (Å²) in [6.07, 6.45) is 0. The number of hydrogen-bond acceptors (Lipinski definition) is 5. The number of hydrogen-bond donors (Lipinski definition) is 1. The van der Waals surface area contributed by atoms with Gasteiger partial charge in [0.15, 0.2) is 5.76 Å². The molecule has 26 heavy (non-hydrogen) atoms. The molecule has 0 radical (unpaired) electrons. The minimum absolute atomic E-state index is 0.0321. The smallest absolute Gasteiger partial charge is 0.302 e. The van der Waals surface area contributed by atoms with E-state index in [1.54, 1.807) is 31.4 Å². The molecule has 4 rings (SSSR count). The third kappa shape index (κ3) is 2.82. The highest BCUT2D eigenvalue weighted by Crippen LogP contribution is 2.21. The average Bonchev–Trinajstić information content (AvgIpc) is 3.11. The molecule has 4 aromatic rings. The number of carbonyl (C=O) groups is 1. The largest absolute Gasteiger partial charge is 0.497 e. The van der Waals surface area contributed by atoms with Crippen LogP contribution in [0, 0.1) is 0 Å². The fraction of sp³-hybridized carbons (Fsp3) is 0.100. The first-order valence-electron chi connectivity index (χ1n) is 8.02. The van der Waals surface area contributed by atoms with Gasteiger partial charge in [0.25, 0.3) is 5.91 Å². The number of amides is 1. The van der Waals surface area contributed by atoms with Crippen LogP contribution in [0.15, 0.2) is 68.2 Å². The second-order valence-electron chi connectivity index (χ2n) is 5.77. The van der Waals surface area contributed by atoms with Crippen molar-refractivity contribution in [3.05, 3.63) is 76.1 Å². The van der Waals surface area contributed by atoms with Crippen molar-refractivity contribution in [2.24, 2.45) is 0 Å². The lowest BCUT2D eigenvalue weighted by molar-refractivity contribution is 0.0923. The van der Waals surface area contributed by atoms with Crippen LogP contribution in [0.1, 0.15) is 16.1 Å². The Kier molecular flexibility index (Phi) is 3.93. The molecule has 0 saturated carbocycles. The summed E-state index contributed by atoms with van der Waals surface area (Å²) in [5.41, 5.74) is 1.11. The van der Waals surface area contributed by atoms with E-state index in [1.807, 2.05) is 24.3 Å². The van der Waals surface area contributed by atoms with E-state index in [1.165, 1.54) is 6.07 Å². The Morgan fingerprint density at radius 1 is 1.04 bits per heavy atom. The summed E-state index contributed by atoms with van der Waals surface area (Å²) in [4.78, 5) is 24.8. The van der Waals surface area contributed by atoms with Crippen molar-refractivity contribution in [3.8, 4) is 5.75 Å². The van der Waals surface area contributed by atoms with Crippen molar-refractivity contribution >= 4 is 28.0 Å². The standard InChI is InChI=1S/C20H15NO5/c1-24-13-8-6-12(7-9-13)11-21-19(23)17-10-15-18(22)14-4-2-3-5-16(14)25-20(15)26-17/h2-10H,11H2,1H3,(H,21,23). The zero-order chi connectivity index (χ0) is 18.1. The van der Waals surface area contributed by atoms with Crippen molar-refractivity contribution in [1.29, 1.82) is 0 Å². The quantitative estimate of drug-likeness (QED) is 0.610. The SMILES string of the molecule is COc1ccc(CNC(=O)c2cc3c(=O)c4ccccc4oc3o2)cc1. The third-order valence-electron chi connectivity index (χ3n) is 4.11. The molecule has 0 fully saturated rings. The first kappa shape index (κ1) is 16.0. The zero-order valence-corrected chi connectivity index (χ0v) is 13.9. The predicted octanol–water partition coefficient (Wildman–Crippen LogP) is 3.48. The Balaban J connectivity index is 1.59. The molecule has 0 unspecified atom stereocenters. The van der Waals surface area contributed by atoms with Crippen LogP contribution in [0.3, 0.4) is 0 Å². The summed E-state index contributed by atoms with van der Waals surface area (Å²) in [6, 6.07) is 15.6. The average molecular weight is 349 g/mol. The highest BCUT2D eigenvalue weighted by Gasteiger charge is 2.17. The Hall–Kier alpha value is -3.54. The van der Waals surface area contributed by atoms with E-state index in [2.05, 4.69) is 5.32 Å². The molecule has 6 nitrogen and oxygen atoms in total. The number of benzene rings is 2. The molecule has 0 atom stereocenters. The van der Waals surface area contributed by atoms with Gasteiger partial charge in [-0.2, -0.15) is 0 Å². The fourth-order valence-electron chi connectivity index (χ4n) is 2.72. The van der Waals surface area contributed by atoms with E-state index in [4.69, 9.17) is 13.6 Å². The molecular formula is C20H15NO5. The van der Waals surface area contributed by atoms with Gasteiger partial charge in [0.1, 0.15) is 16.7 Å². The number of nitrogens with one attached hydrogen (secondary N) is 1. The molecule has 1 amide bonds. The molecule has 1 N–H and O–H groups in total. The summed E-state index contributed by atoms with van der Waals surface area (Å²) in [6.45, 7) is 0.323. The molecule has 2 aromatic carbocycles. The van der Waals surface area contributed by atoms with Crippen molar-refractivity contribution in [3.63, 3.8) is 0 Å². The highest BCUT2D eigenvalue weighted by molar-refractivity contribution is 5.97. The summed E-state index contributed by atoms with van der Waals surface area (Å²) in [5, 5.41) is 3.46. The third-order valence-corrected chi connectivity index (χ3v) is 4.11. The molecule has 2 heterocycles. The fourth-order valence-corrected chi connectivity index (χ4v) is 2.72. The first-order valence-corrected chi connectivity index (χ1v) is 8.02. The van der Waals surface area contributed by atoms with Crippen molar-refractivity contribution in [2.75, 3.05) is 7.11 Å². The van der Waals surface area contributed by atoms with E-state index in [0.717, 1.165) is 11.3 Å². The minimum atomic E-state index is -0.421. The van der Waals surface area contributed by atoms with Crippen LogP contribution in [0.5, 0.6) is 5.75 Å². The van der Waals surface area contributed by atoms with Crippen LogP contribution in [-0.4, -0.2) is 13.0 Å². The number of furan rings is 1. The molecule has 0 aliphatic carbocycles. The van der Waals surface area contributed by atoms with E-state index < -0.39 is 5.91 Å². The van der Waals surface area contributed by atoms with Crippen LogP contribution in [0.4, 0.5) is 0 Å². The van der Waals surface area contributed by atoms with Gasteiger partial charge in [0.2, 0.25) is 5.43 Å². The molecule has 130 valence electrons. The molecular weight excluding hydrogens is 334 g/mol. The van der Waals surface area contributed by atoms with Gasteiger partial charge in [-0.1, -0.05) is 24.3 Å². The van der Waals surface area contributed by atoms with Gasteiger partial charge in [0, 0.05) is 12.6 Å². The summed E-state index contributed by atoms with van der Waals surface area (Å²) >= 11 is 0. The van der Waals surface area contributed by atoms with Crippen molar-refractivity contribution in [2.45, 2.75) is 6.54 Å². The number of fused-ring (bicyclic) bond motifs is 2. The van der Waals surface area contributed by atoms with Gasteiger partial charge >= 0.3 is 5.78 Å². The lowest BCUT2D eigenvalue weighted by atomic mass is 10.2. The van der Waals surface area contributed by atoms with Gasteiger partial charge in [-0.25, -0.2) is 0 Å². The Labute approximate surface area is 148 Å². The maximum absolute atomic E-state index is 12.5. The van der Waals surface area contributed by atoms with Crippen LogP contribution in [0.25, 0.3) is 22.1 Å². The Morgan fingerprint density at radius 3 is 2.58 bits per heavy atom. The summed E-state index contributed by atoms with van der Waals surface area (Å²) in [5.74, 6) is 0.401. The molecule has 0 saturated heterocycles. The van der Waals surface area contributed by atoms with Crippen LogP contribution >= 0.6 is 0 Å². The topological polar surface area (TPSA) is 81.7 Å². The van der Waals surface area contributed by atoms with Crippen molar-refractivity contribution in [1.82, 2.24) is 5.32 Å². The lowest BCUT2D eigenvalue weighted by Gasteiger charge is -2.04. The number of methoxy groups -OCH3 is 1. The van der Waals surface area contributed by atoms with Crippen LogP contribution in [0.2, 0.25) is 0 Å². The number of para-hydroxylation sites is 1. The van der Waals surface area contributed by atoms with E-state index in [0.29, 0.717) is 17.5 Å². The lowest BCUT2D eigenvalue weighted by Crippen LogP contribution is -2.22. The summed E-state index contributed by atoms with van der Waals surface area (Å²) in [7, 11) is 1.59. The van der Waals surface area contributed by atoms with Gasteiger partial charge in [-0.3, -0.25) is 9.59 Å². The van der Waals surface area contributed by atoms with E-state index in [-0.39, 0.29) is 22.4 Å². The monoisotopic (exact) mass is 349 g/mol. The van der Waals surface area contributed by atoms with Crippen LogP contribution in [-0.2, 0) is 6.54 Å². The number of carbonyl (C=O) groups excluding carboxylic acids is 1. The molecule has 2 aromatic heterocycles. The molecule has 6 heteroatoms. The second kappa shape index (κ2) is 6.40. The molecule has 0 spiro atoms.